The minimum Gasteiger partial charge on any atom is -0.328 e. The van der Waals surface area contributed by atoms with Gasteiger partial charge in [0.2, 0.25) is 10.0 Å². The molecule has 3 N–H and O–H groups in total. The maximum absolute atomic E-state index is 12.1. The molecule has 2 atom stereocenters. The fraction of sp³-hybridized carbons (Fsp3) is 0.571. The third-order valence-corrected chi connectivity index (χ3v) is 4.46. The maximum Gasteiger partial charge on any atom is 0.240 e. The molecular weight excluding hydrogens is 260 g/mol. The molecule has 0 radical (unpaired) electrons. The molecule has 4 nitrogen and oxygen atoms in total. The molecule has 0 aliphatic heterocycles. The second-order valence-corrected chi connectivity index (χ2v) is 6.84. The van der Waals surface area contributed by atoms with Crippen LogP contribution >= 0.6 is 0 Å². The molecule has 1 aromatic rings. The van der Waals surface area contributed by atoms with Crippen LogP contribution in [0.25, 0.3) is 0 Å². The lowest BCUT2D eigenvalue weighted by Gasteiger charge is -2.16. The Morgan fingerprint density at radius 2 is 1.79 bits per heavy atom. The number of aryl methyl sites for hydroxylation is 1. The van der Waals surface area contributed by atoms with E-state index in [2.05, 4.69) is 11.6 Å². The van der Waals surface area contributed by atoms with E-state index in [1.807, 2.05) is 26.0 Å². The fourth-order valence-corrected chi connectivity index (χ4v) is 3.32. The lowest BCUT2D eigenvalue weighted by molar-refractivity contribution is 0.519. The van der Waals surface area contributed by atoms with Crippen molar-refractivity contribution in [2.24, 2.45) is 5.73 Å². The molecule has 0 aromatic heterocycles. The first-order valence-electron chi connectivity index (χ1n) is 6.72. The van der Waals surface area contributed by atoms with Crippen molar-refractivity contribution < 1.29 is 8.42 Å². The molecule has 0 aliphatic carbocycles. The van der Waals surface area contributed by atoms with Gasteiger partial charge in [0.25, 0.3) is 0 Å². The lowest BCUT2D eigenvalue weighted by atomic mass is 10.1. The molecule has 108 valence electrons. The predicted molar refractivity (Wildman–Crippen MR) is 78.5 cm³/mol. The second-order valence-electron chi connectivity index (χ2n) is 5.13. The van der Waals surface area contributed by atoms with Crippen molar-refractivity contribution in [2.45, 2.75) is 57.0 Å². The first-order valence-corrected chi connectivity index (χ1v) is 8.20. The van der Waals surface area contributed by atoms with Crippen LogP contribution in [-0.4, -0.2) is 20.5 Å². The van der Waals surface area contributed by atoms with E-state index in [0.717, 1.165) is 18.4 Å². The summed E-state index contributed by atoms with van der Waals surface area (Å²) in [5.41, 5.74) is 6.83. The first-order chi connectivity index (χ1) is 8.85. The van der Waals surface area contributed by atoms with E-state index in [1.54, 1.807) is 12.1 Å². The van der Waals surface area contributed by atoms with Crippen LogP contribution in [0.1, 0.15) is 39.2 Å². The molecule has 0 bridgehead atoms. The molecule has 0 heterocycles. The van der Waals surface area contributed by atoms with Crippen LogP contribution in [0.4, 0.5) is 0 Å². The highest BCUT2D eigenvalue weighted by Gasteiger charge is 2.17. The van der Waals surface area contributed by atoms with Crippen LogP contribution in [0.3, 0.4) is 0 Å². The van der Waals surface area contributed by atoms with Gasteiger partial charge >= 0.3 is 0 Å². The van der Waals surface area contributed by atoms with Gasteiger partial charge in [-0.2, -0.15) is 0 Å². The molecule has 2 unspecified atom stereocenters. The third kappa shape index (κ3) is 5.30. The van der Waals surface area contributed by atoms with Crippen LogP contribution in [0.5, 0.6) is 0 Å². The van der Waals surface area contributed by atoms with E-state index in [9.17, 15) is 8.42 Å². The monoisotopic (exact) mass is 284 g/mol. The van der Waals surface area contributed by atoms with E-state index in [4.69, 9.17) is 5.73 Å². The second kappa shape index (κ2) is 7.03. The highest BCUT2D eigenvalue weighted by Crippen LogP contribution is 2.13. The van der Waals surface area contributed by atoms with E-state index in [1.165, 1.54) is 0 Å². The average molecular weight is 284 g/mol. The average Bonchev–Trinajstić information content (AvgIpc) is 2.28. The molecule has 1 rings (SSSR count). The highest BCUT2D eigenvalue weighted by molar-refractivity contribution is 7.89. The molecule has 0 saturated carbocycles. The quantitative estimate of drug-likeness (QED) is 0.805. The standard InChI is InChI=1S/C14H24N2O2S/c1-4-5-13-6-8-14(9-7-13)19(17,18)16-12(3)10-11(2)15/h6-9,11-12,16H,4-5,10,15H2,1-3H3. The molecule has 0 aliphatic rings. The topological polar surface area (TPSA) is 72.2 Å². The number of nitrogens with two attached hydrogens (primary N) is 1. The summed E-state index contributed by atoms with van der Waals surface area (Å²) in [6.07, 6.45) is 2.64. The minimum atomic E-state index is -3.44. The Labute approximate surface area is 116 Å². The van der Waals surface area contributed by atoms with Crippen LogP contribution in [0.2, 0.25) is 0 Å². The SMILES string of the molecule is CCCc1ccc(S(=O)(=O)NC(C)CC(C)N)cc1. The fourth-order valence-electron chi connectivity index (χ4n) is 2.06. The summed E-state index contributed by atoms with van der Waals surface area (Å²) >= 11 is 0. The van der Waals surface area contributed by atoms with Gasteiger partial charge in [-0.1, -0.05) is 25.5 Å². The number of rotatable bonds is 7. The Kier molecular flexibility index (Phi) is 5.97. The zero-order valence-electron chi connectivity index (χ0n) is 11.9. The molecule has 0 fully saturated rings. The Morgan fingerprint density at radius 3 is 2.26 bits per heavy atom. The van der Waals surface area contributed by atoms with Gasteiger partial charge in [-0.25, -0.2) is 13.1 Å². The minimum absolute atomic E-state index is 0.0235. The van der Waals surface area contributed by atoms with Gasteiger partial charge in [0.1, 0.15) is 0 Å². The summed E-state index contributed by atoms with van der Waals surface area (Å²) in [5.74, 6) is 0. The summed E-state index contributed by atoms with van der Waals surface area (Å²) in [7, 11) is -3.44. The van der Waals surface area contributed by atoms with Crippen molar-refractivity contribution in [3.8, 4) is 0 Å². The Hall–Kier alpha value is -0.910. The molecule has 19 heavy (non-hydrogen) atoms. The largest absolute Gasteiger partial charge is 0.328 e. The summed E-state index contributed by atoms with van der Waals surface area (Å²) in [6.45, 7) is 5.79. The van der Waals surface area contributed by atoms with Crippen molar-refractivity contribution in [1.29, 1.82) is 0 Å². The van der Waals surface area contributed by atoms with Crippen molar-refractivity contribution >= 4 is 10.0 Å². The number of hydrogen-bond acceptors (Lipinski definition) is 3. The van der Waals surface area contributed by atoms with Gasteiger partial charge < -0.3 is 5.73 Å². The van der Waals surface area contributed by atoms with Gasteiger partial charge in [-0.3, -0.25) is 0 Å². The van der Waals surface area contributed by atoms with Crippen LogP contribution < -0.4 is 10.5 Å². The Bertz CT molecular complexity index is 481. The zero-order chi connectivity index (χ0) is 14.5. The Balaban J connectivity index is 2.76. The smallest absolute Gasteiger partial charge is 0.240 e. The van der Waals surface area contributed by atoms with E-state index in [-0.39, 0.29) is 12.1 Å². The molecule has 0 spiro atoms. The number of benzene rings is 1. The van der Waals surface area contributed by atoms with E-state index in [0.29, 0.717) is 11.3 Å². The molecule has 0 amide bonds. The van der Waals surface area contributed by atoms with Crippen molar-refractivity contribution in [3.63, 3.8) is 0 Å². The number of nitrogens with one attached hydrogen (secondary N) is 1. The highest BCUT2D eigenvalue weighted by atomic mass is 32.2. The van der Waals surface area contributed by atoms with Gasteiger partial charge in [0, 0.05) is 12.1 Å². The van der Waals surface area contributed by atoms with Gasteiger partial charge in [0.05, 0.1) is 4.90 Å². The summed E-state index contributed by atoms with van der Waals surface area (Å²) in [6, 6.07) is 6.87. The van der Waals surface area contributed by atoms with Crippen LogP contribution in [-0.2, 0) is 16.4 Å². The lowest BCUT2D eigenvalue weighted by Crippen LogP contribution is -2.36. The van der Waals surface area contributed by atoms with E-state index < -0.39 is 10.0 Å². The third-order valence-electron chi connectivity index (χ3n) is 2.85. The summed E-state index contributed by atoms with van der Waals surface area (Å²) in [5, 5.41) is 0. The maximum atomic E-state index is 12.1. The van der Waals surface area contributed by atoms with Crippen molar-refractivity contribution in [1.82, 2.24) is 4.72 Å². The molecule has 0 saturated heterocycles. The summed E-state index contributed by atoms with van der Waals surface area (Å²) < 4.78 is 26.9. The van der Waals surface area contributed by atoms with Crippen molar-refractivity contribution in [3.05, 3.63) is 29.8 Å². The molecule has 1 aromatic carbocycles. The van der Waals surface area contributed by atoms with Gasteiger partial charge in [-0.15, -0.1) is 0 Å². The Morgan fingerprint density at radius 1 is 1.21 bits per heavy atom. The van der Waals surface area contributed by atoms with E-state index >= 15 is 0 Å². The van der Waals surface area contributed by atoms with Crippen LogP contribution in [0, 0.1) is 0 Å². The van der Waals surface area contributed by atoms with Crippen molar-refractivity contribution in [2.75, 3.05) is 0 Å². The molecule has 5 heteroatoms. The summed E-state index contributed by atoms with van der Waals surface area (Å²) in [4.78, 5) is 0.309. The predicted octanol–water partition coefficient (Wildman–Crippen LogP) is 2.04. The number of sulfonamides is 1. The zero-order valence-corrected chi connectivity index (χ0v) is 12.7. The molecular formula is C14H24N2O2S. The van der Waals surface area contributed by atoms with Gasteiger partial charge in [0.15, 0.2) is 0 Å². The first kappa shape index (κ1) is 16.1. The normalized spacial score (nSPS) is 15.2. The van der Waals surface area contributed by atoms with Gasteiger partial charge in [-0.05, 0) is 44.4 Å². The van der Waals surface area contributed by atoms with Crippen LogP contribution in [0.15, 0.2) is 29.2 Å². The number of hydrogen-bond donors (Lipinski definition) is 2.